The molecule has 2 atom stereocenters. The van der Waals surface area contributed by atoms with Crippen LogP contribution in [0.3, 0.4) is 0 Å². The van der Waals surface area contributed by atoms with Gasteiger partial charge < -0.3 is 14.6 Å². The first-order valence-corrected chi connectivity index (χ1v) is 8.12. The number of carboxylic acids is 1. The van der Waals surface area contributed by atoms with Gasteiger partial charge in [0, 0.05) is 29.0 Å². The molecule has 2 N–H and O–H groups in total. The molecule has 0 saturated heterocycles. The number of fused-ring (bicyclic) bond motifs is 2. The summed E-state index contributed by atoms with van der Waals surface area (Å²) in [5, 5.41) is 20.2. The minimum absolute atomic E-state index is 0.0538. The summed E-state index contributed by atoms with van der Waals surface area (Å²) in [4.78, 5) is 23.5. The average molecular weight is 336 g/mol. The number of aromatic hydroxyl groups is 1. The largest absolute Gasteiger partial charge is 0.508 e. The molecule has 5 heteroatoms. The van der Waals surface area contributed by atoms with Gasteiger partial charge in [0.25, 0.3) is 0 Å². The number of carbonyl (C=O) groups is 1. The molecule has 1 aromatic rings. The van der Waals surface area contributed by atoms with Crippen LogP contribution in [0.25, 0.3) is 22.3 Å². The Morgan fingerprint density at radius 1 is 1.08 bits per heavy atom. The van der Waals surface area contributed by atoms with Crippen LogP contribution in [0.4, 0.5) is 0 Å². The van der Waals surface area contributed by atoms with Crippen molar-refractivity contribution in [3.63, 3.8) is 0 Å². The first kappa shape index (κ1) is 15.4. The molecule has 0 amide bonds. The molecule has 5 nitrogen and oxygen atoms in total. The van der Waals surface area contributed by atoms with E-state index in [0.29, 0.717) is 24.2 Å². The van der Waals surface area contributed by atoms with Crippen LogP contribution in [0.15, 0.2) is 57.8 Å². The topological polar surface area (TPSA) is 87.7 Å². The fourth-order valence-electron chi connectivity index (χ4n) is 3.70. The van der Waals surface area contributed by atoms with Gasteiger partial charge in [-0.15, -0.1) is 0 Å². The van der Waals surface area contributed by atoms with E-state index >= 15 is 0 Å². The third kappa shape index (κ3) is 2.58. The first-order valence-electron chi connectivity index (χ1n) is 8.12. The van der Waals surface area contributed by atoms with Crippen molar-refractivity contribution in [3.05, 3.63) is 64.3 Å². The highest BCUT2D eigenvalue weighted by Crippen LogP contribution is 2.44. The molecule has 2 aliphatic carbocycles. The van der Waals surface area contributed by atoms with Gasteiger partial charge in [-0.1, -0.05) is 12.2 Å². The van der Waals surface area contributed by atoms with Crippen LogP contribution in [0.1, 0.15) is 24.3 Å². The molecule has 0 bridgehead atoms. The van der Waals surface area contributed by atoms with Gasteiger partial charge in [0.05, 0.1) is 5.92 Å². The predicted octanol–water partition coefficient (Wildman–Crippen LogP) is 3.74. The van der Waals surface area contributed by atoms with Gasteiger partial charge >= 0.3 is 5.97 Å². The molecular formula is C20H16O5. The summed E-state index contributed by atoms with van der Waals surface area (Å²) in [5.41, 5.74) is 1.85. The van der Waals surface area contributed by atoms with Crippen molar-refractivity contribution in [2.24, 2.45) is 5.92 Å². The van der Waals surface area contributed by atoms with Gasteiger partial charge in [0.1, 0.15) is 17.1 Å². The van der Waals surface area contributed by atoms with Gasteiger partial charge in [0.15, 0.2) is 5.43 Å². The summed E-state index contributed by atoms with van der Waals surface area (Å²) in [5.74, 6) is -1.15. The van der Waals surface area contributed by atoms with Crippen molar-refractivity contribution in [2.45, 2.75) is 18.8 Å². The molecule has 3 aliphatic rings. The highest BCUT2D eigenvalue weighted by molar-refractivity contribution is 5.90. The Kier molecular flexibility index (Phi) is 3.57. The maximum absolute atomic E-state index is 11.8. The number of aliphatic carboxylic acids is 1. The van der Waals surface area contributed by atoms with E-state index in [0.717, 1.165) is 16.5 Å². The SMILES string of the molecule is O=C(O)[C@@H]1CC=CCC1c1c2ccc(=O)cc-2oc2cc(O)ccc12. The van der Waals surface area contributed by atoms with E-state index in [1.165, 1.54) is 18.2 Å². The second-order valence-corrected chi connectivity index (χ2v) is 6.35. The molecule has 1 heterocycles. The molecule has 25 heavy (non-hydrogen) atoms. The van der Waals surface area contributed by atoms with Gasteiger partial charge in [0.2, 0.25) is 0 Å². The molecule has 126 valence electrons. The number of hydrogen-bond acceptors (Lipinski definition) is 4. The number of phenolic OH excluding ortho intramolecular Hbond substituents is 1. The van der Waals surface area contributed by atoms with E-state index in [1.807, 2.05) is 12.2 Å². The number of phenols is 1. The smallest absolute Gasteiger partial charge is 0.307 e. The molecule has 1 aromatic carbocycles. The van der Waals surface area contributed by atoms with Gasteiger partial charge in [-0.3, -0.25) is 9.59 Å². The van der Waals surface area contributed by atoms with Crippen LogP contribution in [-0.2, 0) is 4.79 Å². The van der Waals surface area contributed by atoms with Crippen molar-refractivity contribution in [3.8, 4) is 17.1 Å². The maximum Gasteiger partial charge on any atom is 0.307 e. The van der Waals surface area contributed by atoms with E-state index in [-0.39, 0.29) is 17.1 Å². The number of hydrogen-bond donors (Lipinski definition) is 2. The Morgan fingerprint density at radius 3 is 2.68 bits per heavy atom. The van der Waals surface area contributed by atoms with Crippen molar-refractivity contribution < 1.29 is 19.4 Å². The molecule has 0 radical (unpaired) electrons. The zero-order valence-corrected chi connectivity index (χ0v) is 13.3. The second kappa shape index (κ2) is 5.77. The fourth-order valence-corrected chi connectivity index (χ4v) is 3.70. The van der Waals surface area contributed by atoms with E-state index in [4.69, 9.17) is 4.42 Å². The van der Waals surface area contributed by atoms with Crippen LogP contribution < -0.4 is 5.43 Å². The number of benzene rings is 2. The molecule has 1 aliphatic heterocycles. The quantitative estimate of drug-likeness (QED) is 0.550. The zero-order chi connectivity index (χ0) is 17.6. The highest BCUT2D eigenvalue weighted by Gasteiger charge is 2.33. The Labute approximate surface area is 143 Å². The van der Waals surface area contributed by atoms with Crippen LogP contribution in [-0.4, -0.2) is 16.2 Å². The minimum atomic E-state index is -0.837. The Balaban J connectivity index is 2.07. The van der Waals surface area contributed by atoms with E-state index < -0.39 is 11.9 Å². The van der Waals surface area contributed by atoms with E-state index in [1.54, 1.807) is 18.2 Å². The van der Waals surface area contributed by atoms with Crippen LogP contribution >= 0.6 is 0 Å². The zero-order valence-electron chi connectivity index (χ0n) is 13.3. The summed E-state index contributed by atoms with van der Waals surface area (Å²) in [6.45, 7) is 0. The second-order valence-electron chi connectivity index (χ2n) is 6.35. The summed E-state index contributed by atoms with van der Waals surface area (Å²) in [6, 6.07) is 9.35. The molecule has 0 fully saturated rings. The fraction of sp³-hybridized carbons (Fsp3) is 0.200. The van der Waals surface area contributed by atoms with Crippen molar-refractivity contribution >= 4 is 16.9 Å². The monoisotopic (exact) mass is 336 g/mol. The Morgan fingerprint density at radius 2 is 1.88 bits per heavy atom. The van der Waals surface area contributed by atoms with Crippen LogP contribution in [0, 0.1) is 5.92 Å². The maximum atomic E-state index is 11.8. The molecule has 4 rings (SSSR count). The van der Waals surface area contributed by atoms with Gasteiger partial charge in [-0.25, -0.2) is 0 Å². The summed E-state index contributed by atoms with van der Waals surface area (Å²) in [6.07, 6.45) is 4.96. The highest BCUT2D eigenvalue weighted by atomic mass is 16.4. The van der Waals surface area contributed by atoms with E-state index in [9.17, 15) is 19.8 Å². The summed E-state index contributed by atoms with van der Waals surface area (Å²) in [7, 11) is 0. The number of carboxylic acid groups (broad SMARTS) is 1. The third-order valence-electron chi connectivity index (χ3n) is 4.84. The summed E-state index contributed by atoms with van der Waals surface area (Å²) >= 11 is 0. The Hall–Kier alpha value is -3.08. The average Bonchev–Trinajstić information content (AvgIpc) is 2.59. The molecule has 0 saturated carbocycles. The standard InChI is InChI=1S/C20H16O5/c21-11-5-7-15-17(9-11)25-18-10-12(22)6-8-16(18)19(15)13-3-1-2-4-14(13)20(23)24/h1-2,5-10,13-14,21H,3-4H2,(H,23,24)/t13?,14-/m1/s1. The minimum Gasteiger partial charge on any atom is -0.508 e. The molecule has 1 unspecified atom stereocenters. The van der Waals surface area contributed by atoms with Gasteiger partial charge in [-0.2, -0.15) is 0 Å². The van der Waals surface area contributed by atoms with Crippen molar-refractivity contribution in [1.29, 1.82) is 0 Å². The lowest BCUT2D eigenvalue weighted by Crippen LogP contribution is -2.24. The first-order chi connectivity index (χ1) is 12.0. The summed E-state index contributed by atoms with van der Waals surface area (Å²) < 4.78 is 5.81. The predicted molar refractivity (Wildman–Crippen MR) is 93.0 cm³/mol. The molecule has 0 spiro atoms. The van der Waals surface area contributed by atoms with E-state index in [2.05, 4.69) is 0 Å². The Bertz CT molecular complexity index is 1030. The van der Waals surface area contributed by atoms with Crippen LogP contribution in [0.5, 0.6) is 5.75 Å². The third-order valence-corrected chi connectivity index (χ3v) is 4.84. The lowest BCUT2D eigenvalue weighted by Gasteiger charge is -2.29. The molecule has 0 aromatic heterocycles. The normalized spacial score (nSPS) is 20.2. The van der Waals surface area contributed by atoms with Crippen molar-refractivity contribution in [2.75, 3.05) is 0 Å². The van der Waals surface area contributed by atoms with Crippen molar-refractivity contribution in [1.82, 2.24) is 0 Å². The number of rotatable bonds is 2. The lowest BCUT2D eigenvalue weighted by molar-refractivity contribution is -0.142. The molecular weight excluding hydrogens is 320 g/mol. The van der Waals surface area contributed by atoms with Crippen LogP contribution in [0.2, 0.25) is 0 Å². The van der Waals surface area contributed by atoms with Gasteiger partial charge in [-0.05, 0) is 42.7 Å². The number of allylic oxidation sites excluding steroid dienone is 2. The lowest BCUT2D eigenvalue weighted by atomic mass is 9.75.